The van der Waals surface area contributed by atoms with Gasteiger partial charge in [-0.15, -0.1) is 0 Å². The maximum atomic E-state index is 12.7. The van der Waals surface area contributed by atoms with Gasteiger partial charge in [-0.25, -0.2) is 4.98 Å². The van der Waals surface area contributed by atoms with Crippen LogP contribution in [0.2, 0.25) is 0 Å². The summed E-state index contributed by atoms with van der Waals surface area (Å²) in [6.45, 7) is 4.87. The molecule has 3 rings (SSSR count). The molecule has 1 N–H and O–H groups in total. The van der Waals surface area contributed by atoms with Crippen molar-refractivity contribution in [3.05, 3.63) is 48.7 Å². The zero-order chi connectivity index (χ0) is 17.6. The molecule has 0 radical (unpaired) electrons. The first kappa shape index (κ1) is 17.1. The summed E-state index contributed by atoms with van der Waals surface area (Å²) in [5.74, 6) is 1.69. The van der Waals surface area contributed by atoms with Gasteiger partial charge in [-0.3, -0.25) is 4.79 Å². The number of rotatable bonds is 5. The monoisotopic (exact) mass is 340 g/mol. The Morgan fingerprint density at radius 3 is 2.52 bits per heavy atom. The second kappa shape index (κ2) is 7.88. The number of carbonyl (C=O) groups excluding carboxylic acids is 1. The van der Waals surface area contributed by atoms with E-state index in [9.17, 15) is 4.79 Å². The molecule has 1 aromatic carbocycles. The van der Waals surface area contributed by atoms with Crippen LogP contribution in [0.25, 0.3) is 0 Å². The molecule has 2 aromatic rings. The first-order valence-corrected chi connectivity index (χ1v) is 8.53. The maximum absolute atomic E-state index is 12.7. The Morgan fingerprint density at radius 2 is 1.84 bits per heavy atom. The minimum atomic E-state index is -0.298. The smallest absolute Gasteiger partial charge is 0.244 e. The molecule has 25 heavy (non-hydrogen) atoms. The first-order valence-electron chi connectivity index (χ1n) is 8.53. The van der Waals surface area contributed by atoms with E-state index in [1.807, 2.05) is 48.2 Å². The molecule has 2 heterocycles. The first-order chi connectivity index (χ1) is 12.2. The number of ether oxygens (including phenoxy) is 1. The Labute approximate surface area is 148 Å². The quantitative estimate of drug-likeness (QED) is 0.905. The Bertz CT molecular complexity index is 700. The Morgan fingerprint density at radius 1 is 1.12 bits per heavy atom. The molecule has 0 saturated carbocycles. The van der Waals surface area contributed by atoms with Crippen molar-refractivity contribution in [3.63, 3.8) is 0 Å². The van der Waals surface area contributed by atoms with E-state index in [1.54, 1.807) is 13.3 Å². The maximum Gasteiger partial charge on any atom is 0.244 e. The van der Waals surface area contributed by atoms with E-state index in [2.05, 4.69) is 21.3 Å². The minimum Gasteiger partial charge on any atom is -0.495 e. The highest BCUT2D eigenvalue weighted by atomic mass is 16.5. The third kappa shape index (κ3) is 4.02. The SMILES string of the molecule is COc1ccccc1N1CCN(C(=O)C(C)Nc2ccccn2)CC1. The van der Waals surface area contributed by atoms with E-state index in [4.69, 9.17) is 4.74 Å². The molecule has 0 spiro atoms. The number of benzene rings is 1. The molecule has 6 heteroatoms. The lowest BCUT2D eigenvalue weighted by molar-refractivity contribution is -0.131. The molecular formula is C19H24N4O2. The van der Waals surface area contributed by atoms with Gasteiger partial charge in [0.2, 0.25) is 5.91 Å². The van der Waals surface area contributed by atoms with Crippen LogP contribution in [0, 0.1) is 0 Å². The Hall–Kier alpha value is -2.76. The van der Waals surface area contributed by atoms with E-state index >= 15 is 0 Å². The predicted octanol–water partition coefficient (Wildman–Crippen LogP) is 2.24. The number of para-hydroxylation sites is 2. The molecule has 0 bridgehead atoms. The van der Waals surface area contributed by atoms with Gasteiger partial charge in [0.25, 0.3) is 0 Å². The van der Waals surface area contributed by atoms with Crippen molar-refractivity contribution in [1.29, 1.82) is 0 Å². The van der Waals surface area contributed by atoms with Crippen molar-refractivity contribution in [2.24, 2.45) is 0 Å². The number of pyridine rings is 1. The highest BCUT2D eigenvalue weighted by molar-refractivity contribution is 5.84. The summed E-state index contributed by atoms with van der Waals surface area (Å²) in [6.07, 6.45) is 1.71. The van der Waals surface area contributed by atoms with Crippen LogP contribution in [-0.2, 0) is 4.79 Å². The highest BCUT2D eigenvalue weighted by Gasteiger charge is 2.26. The van der Waals surface area contributed by atoms with Gasteiger partial charge < -0.3 is 19.9 Å². The number of hydrogen-bond donors (Lipinski definition) is 1. The molecule has 1 amide bonds. The highest BCUT2D eigenvalue weighted by Crippen LogP contribution is 2.28. The normalized spacial score (nSPS) is 15.6. The van der Waals surface area contributed by atoms with E-state index in [0.717, 1.165) is 30.3 Å². The molecule has 1 aliphatic rings. The number of carbonyl (C=O) groups is 1. The van der Waals surface area contributed by atoms with Gasteiger partial charge in [0.1, 0.15) is 17.6 Å². The summed E-state index contributed by atoms with van der Waals surface area (Å²) in [6, 6.07) is 13.3. The van der Waals surface area contributed by atoms with Crippen LogP contribution in [0.4, 0.5) is 11.5 Å². The molecule has 1 fully saturated rings. The van der Waals surface area contributed by atoms with Crippen LogP contribution < -0.4 is 15.0 Å². The molecule has 1 unspecified atom stereocenters. The fraction of sp³-hybridized carbons (Fsp3) is 0.368. The largest absolute Gasteiger partial charge is 0.495 e. The Balaban J connectivity index is 1.57. The second-order valence-corrected chi connectivity index (χ2v) is 6.07. The van der Waals surface area contributed by atoms with E-state index in [-0.39, 0.29) is 11.9 Å². The molecule has 6 nitrogen and oxygen atoms in total. The summed E-state index contributed by atoms with van der Waals surface area (Å²) in [5.41, 5.74) is 1.08. The van der Waals surface area contributed by atoms with Crippen molar-refractivity contribution in [2.75, 3.05) is 43.5 Å². The number of amides is 1. The number of hydrogen-bond acceptors (Lipinski definition) is 5. The Kier molecular flexibility index (Phi) is 5.38. The van der Waals surface area contributed by atoms with E-state index in [1.165, 1.54) is 0 Å². The summed E-state index contributed by atoms with van der Waals surface area (Å²) < 4.78 is 5.44. The number of methoxy groups -OCH3 is 1. The molecule has 1 aromatic heterocycles. The van der Waals surface area contributed by atoms with E-state index < -0.39 is 0 Å². The molecule has 0 aliphatic carbocycles. The van der Waals surface area contributed by atoms with Crippen LogP contribution in [0.3, 0.4) is 0 Å². The number of nitrogens with zero attached hydrogens (tertiary/aromatic N) is 3. The fourth-order valence-corrected chi connectivity index (χ4v) is 3.06. The van der Waals surface area contributed by atoms with Crippen molar-refractivity contribution < 1.29 is 9.53 Å². The third-order valence-electron chi connectivity index (χ3n) is 4.42. The molecule has 1 atom stereocenters. The lowest BCUT2D eigenvalue weighted by Crippen LogP contribution is -2.52. The average molecular weight is 340 g/mol. The number of nitrogens with one attached hydrogen (secondary N) is 1. The fourth-order valence-electron chi connectivity index (χ4n) is 3.06. The lowest BCUT2D eigenvalue weighted by atomic mass is 10.2. The van der Waals surface area contributed by atoms with Crippen LogP contribution in [0.15, 0.2) is 48.7 Å². The van der Waals surface area contributed by atoms with Crippen LogP contribution in [0.1, 0.15) is 6.92 Å². The minimum absolute atomic E-state index is 0.102. The lowest BCUT2D eigenvalue weighted by Gasteiger charge is -2.37. The van der Waals surface area contributed by atoms with Gasteiger partial charge in [-0.1, -0.05) is 18.2 Å². The summed E-state index contributed by atoms with van der Waals surface area (Å²) in [4.78, 5) is 21.0. The van der Waals surface area contributed by atoms with E-state index in [0.29, 0.717) is 13.1 Å². The van der Waals surface area contributed by atoms with Crippen LogP contribution in [-0.4, -0.2) is 55.1 Å². The number of anilines is 2. The second-order valence-electron chi connectivity index (χ2n) is 6.07. The zero-order valence-electron chi connectivity index (χ0n) is 14.7. The molecule has 1 saturated heterocycles. The van der Waals surface area contributed by atoms with Crippen molar-refractivity contribution in [1.82, 2.24) is 9.88 Å². The van der Waals surface area contributed by atoms with Gasteiger partial charge in [-0.05, 0) is 31.2 Å². The van der Waals surface area contributed by atoms with Gasteiger partial charge >= 0.3 is 0 Å². The summed E-state index contributed by atoms with van der Waals surface area (Å²) >= 11 is 0. The van der Waals surface area contributed by atoms with Gasteiger partial charge in [0.15, 0.2) is 0 Å². The topological polar surface area (TPSA) is 57.7 Å². The van der Waals surface area contributed by atoms with Crippen LogP contribution >= 0.6 is 0 Å². The number of piperazine rings is 1. The zero-order valence-corrected chi connectivity index (χ0v) is 14.7. The van der Waals surface area contributed by atoms with Gasteiger partial charge in [-0.2, -0.15) is 0 Å². The standard InChI is InChI=1S/C19H24N4O2/c1-15(21-18-9-5-6-10-20-18)19(24)23-13-11-22(12-14-23)16-7-3-4-8-17(16)25-2/h3-10,15H,11-14H2,1-2H3,(H,20,21). The predicted molar refractivity (Wildman–Crippen MR) is 99.1 cm³/mol. The summed E-state index contributed by atoms with van der Waals surface area (Å²) in [5, 5.41) is 3.16. The van der Waals surface area contributed by atoms with Gasteiger partial charge in [0, 0.05) is 32.4 Å². The summed E-state index contributed by atoms with van der Waals surface area (Å²) in [7, 11) is 1.68. The van der Waals surface area contributed by atoms with Crippen LogP contribution in [0.5, 0.6) is 5.75 Å². The number of aromatic nitrogens is 1. The van der Waals surface area contributed by atoms with Crippen molar-refractivity contribution in [2.45, 2.75) is 13.0 Å². The molecule has 1 aliphatic heterocycles. The van der Waals surface area contributed by atoms with Gasteiger partial charge in [0.05, 0.1) is 12.8 Å². The molecular weight excluding hydrogens is 316 g/mol. The van der Waals surface area contributed by atoms with Crippen molar-refractivity contribution >= 4 is 17.4 Å². The van der Waals surface area contributed by atoms with Crippen molar-refractivity contribution in [3.8, 4) is 5.75 Å². The third-order valence-corrected chi connectivity index (χ3v) is 4.42. The molecule has 132 valence electrons. The average Bonchev–Trinajstić information content (AvgIpc) is 2.68.